The second-order valence-electron chi connectivity index (χ2n) is 6.41. The molecule has 0 unspecified atom stereocenters. The average Bonchev–Trinajstić information content (AvgIpc) is 2.47. The Morgan fingerprint density at radius 3 is 2.54 bits per heavy atom. The lowest BCUT2D eigenvalue weighted by molar-refractivity contribution is 0.0527. The van der Waals surface area contributed by atoms with E-state index in [4.69, 9.17) is 14.6 Å². The molecule has 0 aromatic heterocycles. The fourth-order valence-electron chi connectivity index (χ4n) is 2.08. The van der Waals surface area contributed by atoms with Gasteiger partial charge in [0.05, 0.1) is 6.61 Å². The van der Waals surface area contributed by atoms with Crippen LogP contribution in [0.3, 0.4) is 0 Å². The Kier molecular flexibility index (Phi) is 7.41. The molecule has 1 aromatic rings. The van der Waals surface area contributed by atoms with Crippen molar-refractivity contribution >= 4 is 6.09 Å². The average molecular weight is 345 g/mol. The molecule has 0 aliphatic rings. The van der Waals surface area contributed by atoms with Crippen molar-refractivity contribution in [3.63, 3.8) is 0 Å². The second kappa shape index (κ2) is 8.82. The molecule has 0 heterocycles. The maximum absolute atomic E-state index is 14.0. The Bertz CT molecular complexity index is 571. The van der Waals surface area contributed by atoms with Gasteiger partial charge in [-0.1, -0.05) is 0 Å². The number of aliphatic hydroxyl groups excluding tert-OH is 1. The number of carbonyl (C=O) groups is 1. The van der Waals surface area contributed by atoms with Gasteiger partial charge in [0.15, 0.2) is 11.6 Å². The number of carbonyl (C=O) groups excluding carboxylic acids is 1. The monoisotopic (exact) mass is 345 g/mol. The van der Waals surface area contributed by atoms with Gasteiger partial charge >= 0.3 is 6.09 Å². The second-order valence-corrected chi connectivity index (χ2v) is 6.41. The molecule has 0 fully saturated rings. The summed E-state index contributed by atoms with van der Waals surface area (Å²) >= 11 is 0. The molecule has 7 heteroatoms. The number of aryl methyl sites for hydroxylation is 2. The summed E-state index contributed by atoms with van der Waals surface area (Å²) in [4.78, 5) is 11.5. The molecular weight excluding hydrogens is 320 g/mol. The van der Waals surface area contributed by atoms with Gasteiger partial charge in [0.2, 0.25) is 5.82 Å². The van der Waals surface area contributed by atoms with Crippen LogP contribution in [-0.4, -0.2) is 36.6 Å². The third-order valence-corrected chi connectivity index (χ3v) is 3.05. The van der Waals surface area contributed by atoms with Gasteiger partial charge in [-0.05, 0) is 57.7 Å². The summed E-state index contributed by atoms with van der Waals surface area (Å²) in [5.74, 6) is -2.21. The Labute approximate surface area is 141 Å². The zero-order chi connectivity index (χ0) is 18.3. The fourth-order valence-corrected chi connectivity index (χ4v) is 2.08. The highest BCUT2D eigenvalue weighted by Crippen LogP contribution is 2.28. The Hall–Kier alpha value is -1.89. The largest absolute Gasteiger partial charge is 0.488 e. The molecule has 0 aliphatic carbocycles. The van der Waals surface area contributed by atoms with Crippen LogP contribution in [0.5, 0.6) is 5.75 Å². The Morgan fingerprint density at radius 1 is 1.29 bits per heavy atom. The molecule has 0 bridgehead atoms. The first-order valence-electron chi connectivity index (χ1n) is 7.83. The van der Waals surface area contributed by atoms with E-state index < -0.39 is 23.3 Å². The molecule has 1 amide bonds. The van der Waals surface area contributed by atoms with E-state index in [0.29, 0.717) is 24.9 Å². The zero-order valence-electron chi connectivity index (χ0n) is 14.5. The van der Waals surface area contributed by atoms with Gasteiger partial charge in [-0.2, -0.15) is 4.39 Å². The molecule has 0 aliphatic heterocycles. The first-order chi connectivity index (χ1) is 11.2. The van der Waals surface area contributed by atoms with E-state index in [1.807, 2.05) is 0 Å². The minimum atomic E-state index is -1.06. The number of benzene rings is 1. The SMILES string of the molecule is Cc1cc(CCCNC(=O)OC(C)(C)C)c(OCCO)c(F)c1F. The number of nitrogens with one attached hydrogen (secondary N) is 1. The van der Waals surface area contributed by atoms with E-state index in [1.54, 1.807) is 20.8 Å². The molecule has 24 heavy (non-hydrogen) atoms. The van der Waals surface area contributed by atoms with Crippen molar-refractivity contribution in [3.05, 3.63) is 28.8 Å². The molecule has 0 atom stereocenters. The van der Waals surface area contributed by atoms with Gasteiger partial charge < -0.3 is 19.9 Å². The lowest BCUT2D eigenvalue weighted by atomic mass is 10.0. The lowest BCUT2D eigenvalue weighted by Gasteiger charge is -2.19. The third-order valence-electron chi connectivity index (χ3n) is 3.05. The van der Waals surface area contributed by atoms with Gasteiger partial charge in [-0.3, -0.25) is 0 Å². The van der Waals surface area contributed by atoms with Gasteiger partial charge in [0, 0.05) is 6.54 Å². The normalized spacial score (nSPS) is 11.3. The summed E-state index contributed by atoms with van der Waals surface area (Å²) in [6, 6.07) is 1.51. The number of rotatable bonds is 7. The highest BCUT2D eigenvalue weighted by Gasteiger charge is 2.18. The molecule has 2 N–H and O–H groups in total. The summed E-state index contributed by atoms with van der Waals surface area (Å²) in [5, 5.41) is 11.4. The van der Waals surface area contributed by atoms with Crippen molar-refractivity contribution in [2.45, 2.75) is 46.1 Å². The van der Waals surface area contributed by atoms with E-state index in [0.717, 1.165) is 0 Å². The number of hydrogen-bond donors (Lipinski definition) is 2. The summed E-state index contributed by atoms with van der Waals surface area (Å²) in [5.41, 5.74) is 0.0943. The van der Waals surface area contributed by atoms with E-state index in [1.165, 1.54) is 13.0 Å². The van der Waals surface area contributed by atoms with E-state index >= 15 is 0 Å². The molecule has 1 rings (SSSR count). The predicted octanol–water partition coefficient (Wildman–Crippen LogP) is 3.10. The third kappa shape index (κ3) is 6.31. The van der Waals surface area contributed by atoms with Crippen LogP contribution in [-0.2, 0) is 11.2 Å². The number of alkyl carbamates (subject to hydrolysis) is 1. The van der Waals surface area contributed by atoms with Crippen LogP contribution in [0.1, 0.15) is 38.3 Å². The lowest BCUT2D eigenvalue weighted by Crippen LogP contribution is -2.33. The maximum Gasteiger partial charge on any atom is 0.407 e. The summed E-state index contributed by atoms with van der Waals surface area (Å²) in [6.07, 6.45) is 0.356. The van der Waals surface area contributed by atoms with Gasteiger partial charge in [-0.25, -0.2) is 9.18 Å². The predicted molar refractivity (Wildman–Crippen MR) is 86.2 cm³/mol. The molecule has 5 nitrogen and oxygen atoms in total. The van der Waals surface area contributed by atoms with Gasteiger partial charge in [0.25, 0.3) is 0 Å². The van der Waals surface area contributed by atoms with Crippen LogP contribution in [0.25, 0.3) is 0 Å². The number of hydrogen-bond acceptors (Lipinski definition) is 4. The molecule has 1 aromatic carbocycles. The summed E-state index contributed by atoms with van der Waals surface area (Å²) < 4.78 is 37.9. The fraction of sp³-hybridized carbons (Fsp3) is 0.588. The number of aliphatic hydroxyl groups is 1. The van der Waals surface area contributed by atoms with Gasteiger partial charge in [0.1, 0.15) is 12.2 Å². The van der Waals surface area contributed by atoms with Gasteiger partial charge in [-0.15, -0.1) is 0 Å². The van der Waals surface area contributed by atoms with Crippen LogP contribution < -0.4 is 10.1 Å². The summed E-state index contributed by atoms with van der Waals surface area (Å²) in [6.45, 7) is 6.67. The number of halogens is 2. The smallest absolute Gasteiger partial charge is 0.407 e. The number of amides is 1. The first-order valence-corrected chi connectivity index (χ1v) is 7.83. The topological polar surface area (TPSA) is 67.8 Å². The van der Waals surface area contributed by atoms with Crippen molar-refractivity contribution < 1.29 is 28.2 Å². The van der Waals surface area contributed by atoms with Crippen molar-refractivity contribution in [2.24, 2.45) is 0 Å². The Morgan fingerprint density at radius 2 is 1.96 bits per heavy atom. The molecule has 0 spiro atoms. The highest BCUT2D eigenvalue weighted by molar-refractivity contribution is 5.67. The van der Waals surface area contributed by atoms with Crippen molar-refractivity contribution in [1.29, 1.82) is 0 Å². The maximum atomic E-state index is 14.0. The summed E-state index contributed by atoms with van der Waals surface area (Å²) in [7, 11) is 0. The standard InChI is InChI=1S/C17H25F2NO4/c1-11-10-12(15(23-9-8-21)14(19)13(11)18)6-5-7-20-16(22)24-17(2,3)4/h10,21H,5-9H2,1-4H3,(H,20,22). The first kappa shape index (κ1) is 20.2. The van der Waals surface area contributed by atoms with Crippen molar-refractivity contribution in [1.82, 2.24) is 5.32 Å². The van der Waals surface area contributed by atoms with Crippen molar-refractivity contribution in [2.75, 3.05) is 19.8 Å². The molecular formula is C17H25F2NO4. The number of ether oxygens (including phenoxy) is 2. The van der Waals surface area contributed by atoms with Crippen molar-refractivity contribution in [3.8, 4) is 5.75 Å². The Balaban J connectivity index is 2.65. The molecule has 0 radical (unpaired) electrons. The molecule has 0 saturated heterocycles. The van der Waals surface area contributed by atoms with E-state index in [2.05, 4.69) is 5.32 Å². The van der Waals surface area contributed by atoms with E-state index in [-0.39, 0.29) is 24.5 Å². The van der Waals surface area contributed by atoms with Crippen LogP contribution in [0, 0.1) is 18.6 Å². The minimum absolute atomic E-state index is 0.122. The highest BCUT2D eigenvalue weighted by atomic mass is 19.2. The molecule has 136 valence electrons. The quantitative estimate of drug-likeness (QED) is 0.745. The van der Waals surface area contributed by atoms with Crippen LogP contribution in [0.15, 0.2) is 6.07 Å². The van der Waals surface area contributed by atoms with E-state index in [9.17, 15) is 13.6 Å². The minimum Gasteiger partial charge on any atom is -0.488 e. The molecule has 0 saturated carbocycles. The van der Waals surface area contributed by atoms with Crippen LogP contribution in [0.2, 0.25) is 0 Å². The zero-order valence-corrected chi connectivity index (χ0v) is 14.5. The van der Waals surface area contributed by atoms with Crippen LogP contribution >= 0.6 is 0 Å². The van der Waals surface area contributed by atoms with Crippen LogP contribution in [0.4, 0.5) is 13.6 Å².